The van der Waals surface area contributed by atoms with Crippen LogP contribution in [0.2, 0.25) is 0 Å². The number of aromatic nitrogens is 1. The van der Waals surface area contributed by atoms with E-state index in [0.717, 1.165) is 12.8 Å². The average molecular weight is 279 g/mol. The Balaban J connectivity index is 2.12. The van der Waals surface area contributed by atoms with Gasteiger partial charge in [-0.2, -0.15) is 0 Å². The quantitative estimate of drug-likeness (QED) is 0.531. The molecule has 1 heterocycles. The molecule has 1 saturated carbocycles. The molecule has 1 fully saturated rings. The van der Waals surface area contributed by atoms with Crippen molar-refractivity contribution in [1.29, 1.82) is 0 Å². The molecule has 0 aliphatic heterocycles. The molecule has 2 rings (SSSR count). The largest absolute Gasteiger partial charge is 0.373 e. The second kappa shape index (κ2) is 5.72. The van der Waals surface area contributed by atoms with Crippen molar-refractivity contribution in [2.24, 2.45) is 0 Å². The van der Waals surface area contributed by atoms with Crippen molar-refractivity contribution in [3.63, 3.8) is 0 Å². The van der Waals surface area contributed by atoms with Gasteiger partial charge in [-0.25, -0.2) is 4.98 Å². The molecular weight excluding hydrogens is 262 g/mol. The summed E-state index contributed by atoms with van der Waals surface area (Å²) in [7, 11) is 1.67. The van der Waals surface area contributed by atoms with Gasteiger partial charge in [0.25, 0.3) is 0 Å². The van der Waals surface area contributed by atoms with Crippen molar-refractivity contribution in [3.8, 4) is 0 Å². The normalized spacial score (nSPS) is 15.3. The highest BCUT2D eigenvalue weighted by atomic mass is 16.6. The maximum atomic E-state index is 11.8. The lowest BCUT2D eigenvalue weighted by molar-refractivity contribution is -0.384. The van der Waals surface area contributed by atoms with Gasteiger partial charge >= 0.3 is 5.69 Å². The molecule has 0 spiro atoms. The third-order valence-electron chi connectivity index (χ3n) is 3.00. The van der Waals surface area contributed by atoms with E-state index in [0.29, 0.717) is 5.82 Å². The molecule has 0 bridgehead atoms. The third kappa shape index (κ3) is 3.34. The second-order valence-corrected chi connectivity index (χ2v) is 4.72. The van der Waals surface area contributed by atoms with Gasteiger partial charge in [-0.15, -0.1) is 0 Å². The Morgan fingerprint density at radius 2 is 2.20 bits per heavy atom. The lowest BCUT2D eigenvalue weighted by atomic mass is 10.3. The van der Waals surface area contributed by atoms with Crippen LogP contribution < -0.4 is 16.0 Å². The number of hydrogen-bond acceptors (Lipinski definition) is 6. The van der Waals surface area contributed by atoms with Crippen molar-refractivity contribution in [2.75, 3.05) is 17.7 Å². The lowest BCUT2D eigenvalue weighted by Gasteiger charge is -2.15. The van der Waals surface area contributed by atoms with Gasteiger partial charge in [0, 0.05) is 19.2 Å². The van der Waals surface area contributed by atoms with Gasteiger partial charge in [0.1, 0.15) is 11.9 Å². The number of amides is 1. The topological polar surface area (TPSA) is 109 Å². The van der Waals surface area contributed by atoms with E-state index < -0.39 is 11.0 Å². The van der Waals surface area contributed by atoms with Crippen LogP contribution in [0.25, 0.3) is 0 Å². The second-order valence-electron chi connectivity index (χ2n) is 4.72. The first kappa shape index (κ1) is 14.0. The highest BCUT2D eigenvalue weighted by Gasteiger charge is 2.27. The molecular formula is C12H17N5O3. The first-order valence-corrected chi connectivity index (χ1v) is 6.41. The maximum absolute atomic E-state index is 11.8. The van der Waals surface area contributed by atoms with Gasteiger partial charge in [0.05, 0.1) is 4.92 Å². The highest BCUT2D eigenvalue weighted by Crippen LogP contribution is 2.25. The minimum absolute atomic E-state index is 0.0836. The molecule has 0 aromatic carbocycles. The molecule has 8 nitrogen and oxygen atoms in total. The van der Waals surface area contributed by atoms with Crippen LogP contribution in [0.3, 0.4) is 0 Å². The lowest BCUT2D eigenvalue weighted by Crippen LogP contribution is -2.39. The monoisotopic (exact) mass is 279 g/mol. The molecule has 1 aliphatic rings. The molecule has 8 heteroatoms. The van der Waals surface area contributed by atoms with Crippen LogP contribution in [-0.4, -0.2) is 34.9 Å². The summed E-state index contributed by atoms with van der Waals surface area (Å²) in [4.78, 5) is 26.4. The summed E-state index contributed by atoms with van der Waals surface area (Å²) in [6.45, 7) is 1.65. The zero-order chi connectivity index (χ0) is 14.7. The Morgan fingerprint density at radius 1 is 1.50 bits per heavy atom. The van der Waals surface area contributed by atoms with Crippen LogP contribution in [-0.2, 0) is 4.79 Å². The zero-order valence-corrected chi connectivity index (χ0v) is 11.3. The Labute approximate surface area is 116 Å². The maximum Gasteiger partial charge on any atom is 0.311 e. The molecule has 1 atom stereocenters. The molecule has 1 unspecified atom stereocenters. The van der Waals surface area contributed by atoms with Crippen molar-refractivity contribution in [1.82, 2.24) is 10.3 Å². The summed E-state index contributed by atoms with van der Waals surface area (Å²) < 4.78 is 0. The van der Waals surface area contributed by atoms with Gasteiger partial charge in [0.2, 0.25) is 11.7 Å². The Kier molecular flexibility index (Phi) is 4.02. The van der Waals surface area contributed by atoms with Gasteiger partial charge in [-0.3, -0.25) is 14.9 Å². The molecule has 1 aromatic heterocycles. The van der Waals surface area contributed by atoms with Gasteiger partial charge < -0.3 is 16.0 Å². The van der Waals surface area contributed by atoms with Crippen LogP contribution in [0.5, 0.6) is 0 Å². The van der Waals surface area contributed by atoms with E-state index in [1.807, 2.05) is 0 Å². The number of anilines is 2. The van der Waals surface area contributed by atoms with E-state index in [1.165, 1.54) is 12.1 Å². The van der Waals surface area contributed by atoms with E-state index in [1.54, 1.807) is 14.0 Å². The summed E-state index contributed by atoms with van der Waals surface area (Å²) in [5.74, 6) is 0.395. The highest BCUT2D eigenvalue weighted by molar-refractivity contribution is 5.85. The SMILES string of the molecule is CNc1ccc([N+](=O)[O-])c(NC(C)C(=O)NC2CC2)n1. The third-order valence-corrected chi connectivity index (χ3v) is 3.00. The number of nitrogens with one attached hydrogen (secondary N) is 3. The van der Waals surface area contributed by atoms with Crippen LogP contribution in [0.1, 0.15) is 19.8 Å². The van der Waals surface area contributed by atoms with E-state index in [2.05, 4.69) is 20.9 Å². The van der Waals surface area contributed by atoms with E-state index >= 15 is 0 Å². The zero-order valence-electron chi connectivity index (χ0n) is 11.3. The smallest absolute Gasteiger partial charge is 0.311 e. The molecule has 1 aromatic rings. The Bertz CT molecular complexity index is 530. The fourth-order valence-electron chi connectivity index (χ4n) is 1.67. The molecule has 0 saturated heterocycles. The van der Waals surface area contributed by atoms with Crippen LogP contribution >= 0.6 is 0 Å². The summed E-state index contributed by atoms with van der Waals surface area (Å²) in [5, 5.41) is 19.4. The Hall–Kier alpha value is -2.38. The molecule has 1 aliphatic carbocycles. The number of carbonyl (C=O) groups excluding carboxylic acids is 1. The summed E-state index contributed by atoms with van der Waals surface area (Å²) in [6, 6.07) is 2.53. The number of nitrogens with zero attached hydrogens (tertiary/aromatic N) is 2. The van der Waals surface area contributed by atoms with Crippen molar-refractivity contribution < 1.29 is 9.72 Å². The van der Waals surface area contributed by atoms with Crippen LogP contribution in [0.15, 0.2) is 12.1 Å². The van der Waals surface area contributed by atoms with Crippen LogP contribution in [0, 0.1) is 10.1 Å². The summed E-state index contributed by atoms with van der Waals surface area (Å²) in [6.07, 6.45) is 1.98. The van der Waals surface area contributed by atoms with Crippen molar-refractivity contribution >= 4 is 23.2 Å². The fourth-order valence-corrected chi connectivity index (χ4v) is 1.67. The number of pyridine rings is 1. The van der Waals surface area contributed by atoms with Gasteiger partial charge in [-0.1, -0.05) is 0 Å². The minimum atomic E-state index is -0.589. The summed E-state index contributed by atoms with van der Waals surface area (Å²) >= 11 is 0. The molecule has 1 amide bonds. The standard InChI is InChI=1S/C12H17N5O3/c1-7(12(18)15-8-3-4-8)14-11-9(17(19)20)5-6-10(13-2)16-11/h5-8H,3-4H2,1-2H3,(H,15,18)(H2,13,14,16). The summed E-state index contributed by atoms with van der Waals surface area (Å²) in [5.41, 5.74) is -0.157. The molecule has 0 radical (unpaired) electrons. The fraction of sp³-hybridized carbons (Fsp3) is 0.500. The predicted octanol–water partition coefficient (Wildman–Crippen LogP) is 1.11. The number of nitro groups is 1. The molecule has 20 heavy (non-hydrogen) atoms. The molecule has 108 valence electrons. The van der Waals surface area contributed by atoms with E-state index in [4.69, 9.17) is 0 Å². The number of carbonyl (C=O) groups is 1. The first-order valence-electron chi connectivity index (χ1n) is 6.41. The molecule has 3 N–H and O–H groups in total. The van der Waals surface area contributed by atoms with Gasteiger partial charge in [0.15, 0.2) is 0 Å². The van der Waals surface area contributed by atoms with Gasteiger partial charge in [-0.05, 0) is 25.8 Å². The minimum Gasteiger partial charge on any atom is -0.373 e. The van der Waals surface area contributed by atoms with Crippen LogP contribution in [0.4, 0.5) is 17.3 Å². The van der Waals surface area contributed by atoms with Crippen molar-refractivity contribution in [2.45, 2.75) is 31.8 Å². The van der Waals surface area contributed by atoms with E-state index in [9.17, 15) is 14.9 Å². The average Bonchev–Trinajstić information content (AvgIpc) is 3.22. The first-order chi connectivity index (χ1) is 9.51. The number of rotatable bonds is 6. The van der Waals surface area contributed by atoms with Crippen molar-refractivity contribution in [3.05, 3.63) is 22.2 Å². The van der Waals surface area contributed by atoms with E-state index in [-0.39, 0.29) is 23.5 Å². The number of hydrogen-bond donors (Lipinski definition) is 3. The predicted molar refractivity (Wildman–Crippen MR) is 74.7 cm³/mol. The Morgan fingerprint density at radius 3 is 2.75 bits per heavy atom.